The highest BCUT2D eigenvalue weighted by Gasteiger charge is 2.57. The first kappa shape index (κ1) is 49.5. The predicted octanol–water partition coefficient (Wildman–Crippen LogP) is -11.1. The van der Waals surface area contributed by atoms with Crippen molar-refractivity contribution in [3.63, 3.8) is 0 Å². The fourth-order valence-electron chi connectivity index (χ4n) is 7.61. The smallest absolute Gasteiger partial charge is 0.217 e. The van der Waals surface area contributed by atoms with E-state index in [0.717, 1.165) is 6.92 Å². The number of aliphatic hydroxyl groups excluding tert-OH is 15. The summed E-state index contributed by atoms with van der Waals surface area (Å²) in [6.45, 7) is -3.44. The maximum Gasteiger partial charge on any atom is 0.217 e. The van der Waals surface area contributed by atoms with E-state index in [0.29, 0.717) is 0 Å². The number of hydrogen-bond donors (Lipinski definition) is 16. The van der Waals surface area contributed by atoms with Gasteiger partial charge in [-0.05, 0) is 0 Å². The van der Waals surface area contributed by atoms with Crippen molar-refractivity contribution >= 4 is 5.91 Å². The summed E-state index contributed by atoms with van der Waals surface area (Å²) < 4.78 is 55.6. The summed E-state index contributed by atoms with van der Waals surface area (Å²) in [5, 5.41) is 161. The van der Waals surface area contributed by atoms with Crippen molar-refractivity contribution < 1.29 is 129 Å². The van der Waals surface area contributed by atoms with E-state index in [1.54, 1.807) is 0 Å². The van der Waals surface area contributed by atoms with Gasteiger partial charge in [0, 0.05) is 14.0 Å². The number of hydrogen-bond acceptors (Lipinski definition) is 26. The minimum absolute atomic E-state index is 0.781. The Morgan fingerprint density at radius 1 is 0.417 bits per heavy atom. The number of rotatable bonds is 15. The van der Waals surface area contributed by atoms with E-state index in [-0.39, 0.29) is 0 Å². The standard InChI is InChI=1S/C33H57NO26/c1-8(40)34-14-18(44)25(57-32-24(50)28(17(43)11(5-37)53-32)60-31-21(47)19(45)15(41)9(3-35)52-31)12(6-38)55-29(14)59-27-16(42)10(4-36)54-33(23(27)49)58-26-13(7-39)56-30(51-2)22(48)20(26)46/h9-33,35-39,41-50H,3-7H2,1-2H3,(H,34,40)/t9-,10-,11-,12-,13-,14-,15+,16+,17+,18-,19+,20-,21-,22-,23-,24-,25-,26-,27+,28+,29+,30-,31-,32+,33+/m1/s1. The summed E-state index contributed by atoms with van der Waals surface area (Å²) >= 11 is 0. The first-order chi connectivity index (χ1) is 28.5. The second-order valence-electron chi connectivity index (χ2n) is 14.9. The van der Waals surface area contributed by atoms with Crippen LogP contribution in [-0.2, 0) is 52.2 Å². The van der Waals surface area contributed by atoms with Crippen molar-refractivity contribution in [3.05, 3.63) is 0 Å². The number of amides is 1. The summed E-state index contributed by atoms with van der Waals surface area (Å²) in [4.78, 5) is 12.4. The summed E-state index contributed by atoms with van der Waals surface area (Å²) in [5.74, 6) is -0.806. The zero-order valence-corrected chi connectivity index (χ0v) is 32.2. The molecule has 5 aliphatic rings. The molecule has 27 heteroatoms. The van der Waals surface area contributed by atoms with Crippen LogP contribution in [0.2, 0.25) is 0 Å². The van der Waals surface area contributed by atoms with Gasteiger partial charge < -0.3 is 129 Å². The average molecular weight is 884 g/mol. The molecule has 0 spiro atoms. The van der Waals surface area contributed by atoms with Crippen LogP contribution in [0.15, 0.2) is 0 Å². The molecule has 16 N–H and O–H groups in total. The molecule has 60 heavy (non-hydrogen) atoms. The summed E-state index contributed by atoms with van der Waals surface area (Å²) in [5.41, 5.74) is 0. The van der Waals surface area contributed by atoms with Crippen LogP contribution in [0.1, 0.15) is 6.92 Å². The van der Waals surface area contributed by atoms with E-state index in [2.05, 4.69) is 5.32 Å². The monoisotopic (exact) mass is 883 g/mol. The number of ether oxygens (including phenoxy) is 10. The molecule has 0 radical (unpaired) electrons. The van der Waals surface area contributed by atoms with Crippen LogP contribution in [0, 0.1) is 0 Å². The molecule has 27 nitrogen and oxygen atoms in total. The quantitative estimate of drug-likeness (QED) is 0.0726. The molecule has 0 aromatic heterocycles. The van der Waals surface area contributed by atoms with Crippen molar-refractivity contribution in [1.29, 1.82) is 0 Å². The highest BCUT2D eigenvalue weighted by Crippen LogP contribution is 2.36. The number of aliphatic hydroxyl groups is 15. The Morgan fingerprint density at radius 2 is 0.767 bits per heavy atom. The third-order valence-electron chi connectivity index (χ3n) is 10.9. The Labute approximate surface area is 340 Å². The average Bonchev–Trinajstić information content (AvgIpc) is 3.23. The van der Waals surface area contributed by atoms with E-state index in [1.165, 1.54) is 7.11 Å². The van der Waals surface area contributed by atoms with E-state index in [4.69, 9.17) is 47.4 Å². The molecule has 5 saturated heterocycles. The number of nitrogens with one attached hydrogen (secondary N) is 1. The molecule has 5 fully saturated rings. The lowest BCUT2D eigenvalue weighted by Crippen LogP contribution is -2.70. The molecule has 0 saturated carbocycles. The van der Waals surface area contributed by atoms with Gasteiger partial charge in [-0.3, -0.25) is 4.79 Å². The normalized spacial score (nSPS) is 50.3. The molecule has 5 heterocycles. The van der Waals surface area contributed by atoms with Crippen LogP contribution in [0.25, 0.3) is 0 Å². The largest absolute Gasteiger partial charge is 0.394 e. The van der Waals surface area contributed by atoms with Gasteiger partial charge in [0.05, 0.1) is 33.0 Å². The molecule has 5 aliphatic heterocycles. The maximum absolute atomic E-state index is 12.4. The van der Waals surface area contributed by atoms with Gasteiger partial charge in [0.2, 0.25) is 5.91 Å². The molecule has 0 aromatic carbocycles. The van der Waals surface area contributed by atoms with Gasteiger partial charge in [0.15, 0.2) is 31.5 Å². The summed E-state index contributed by atoms with van der Waals surface area (Å²) in [6, 6.07) is -1.71. The minimum atomic E-state index is -2.09. The second-order valence-corrected chi connectivity index (χ2v) is 14.9. The van der Waals surface area contributed by atoms with Crippen molar-refractivity contribution in [3.8, 4) is 0 Å². The SMILES string of the molecule is CO[C@@H]1O[C@H](CO)[C@@H](O[C@@H]2O[C@H](CO)[C@H](O)[C@H](O[C@@H]3O[C@H](CO)[C@@H](O[C@@H]4O[C@H](CO)[C@H](O)[C@H](O[C@H]5O[C@H](CO)[C@H](O)[C@H](O)[C@H]5O)[C@H]4O)[C@H](O)[C@H]3NC(C)=O)[C@H]2O)[C@H](O)[C@H]1O. The number of methoxy groups -OCH3 is 1. The van der Waals surface area contributed by atoms with Gasteiger partial charge in [-0.25, -0.2) is 0 Å². The fourth-order valence-corrected chi connectivity index (χ4v) is 7.61. The molecule has 0 bridgehead atoms. The highest BCUT2D eigenvalue weighted by molar-refractivity contribution is 5.73. The third kappa shape index (κ3) is 10.2. The van der Waals surface area contributed by atoms with E-state index in [9.17, 15) is 81.4 Å². The van der Waals surface area contributed by atoms with Crippen LogP contribution >= 0.6 is 0 Å². The topological polar surface area (TPSA) is 425 Å². The highest BCUT2D eigenvalue weighted by atomic mass is 16.8. The lowest BCUT2D eigenvalue weighted by Gasteiger charge is -2.50. The molecular weight excluding hydrogens is 826 g/mol. The molecule has 350 valence electrons. The van der Waals surface area contributed by atoms with E-state index in [1.807, 2.05) is 0 Å². The molecule has 0 aromatic rings. The Kier molecular flexibility index (Phi) is 17.7. The number of carbonyl (C=O) groups is 1. The molecule has 0 unspecified atom stereocenters. The van der Waals surface area contributed by atoms with Crippen molar-refractivity contribution in [1.82, 2.24) is 5.32 Å². The Hall–Kier alpha value is -1.53. The van der Waals surface area contributed by atoms with Gasteiger partial charge in [-0.2, -0.15) is 0 Å². The van der Waals surface area contributed by atoms with Gasteiger partial charge >= 0.3 is 0 Å². The maximum atomic E-state index is 12.4. The summed E-state index contributed by atoms with van der Waals surface area (Å²) in [6.07, 6.45) is -42.9. The summed E-state index contributed by atoms with van der Waals surface area (Å²) in [7, 11) is 1.17. The van der Waals surface area contributed by atoms with Crippen LogP contribution < -0.4 is 5.32 Å². The van der Waals surface area contributed by atoms with Gasteiger partial charge in [0.25, 0.3) is 0 Å². The predicted molar refractivity (Wildman–Crippen MR) is 183 cm³/mol. The van der Waals surface area contributed by atoms with Crippen LogP contribution in [0.3, 0.4) is 0 Å². The minimum Gasteiger partial charge on any atom is -0.394 e. The lowest BCUT2D eigenvalue weighted by molar-refractivity contribution is -0.387. The van der Waals surface area contributed by atoms with Gasteiger partial charge in [0.1, 0.15) is 122 Å². The molecule has 25 atom stereocenters. The van der Waals surface area contributed by atoms with Crippen LogP contribution in [-0.4, -0.2) is 276 Å². The van der Waals surface area contributed by atoms with Gasteiger partial charge in [-0.15, -0.1) is 0 Å². The van der Waals surface area contributed by atoms with E-state index < -0.39 is 192 Å². The molecule has 1 amide bonds. The zero-order chi connectivity index (χ0) is 44.3. The fraction of sp³-hybridized carbons (Fsp3) is 0.970. The van der Waals surface area contributed by atoms with Crippen molar-refractivity contribution in [2.24, 2.45) is 0 Å². The van der Waals surface area contributed by atoms with E-state index >= 15 is 0 Å². The lowest BCUT2D eigenvalue weighted by atomic mass is 9.94. The Bertz CT molecular complexity index is 1340. The van der Waals surface area contributed by atoms with Gasteiger partial charge in [-0.1, -0.05) is 0 Å². The van der Waals surface area contributed by atoms with Crippen molar-refractivity contribution in [2.75, 3.05) is 40.1 Å². The first-order valence-corrected chi connectivity index (χ1v) is 19.0. The third-order valence-corrected chi connectivity index (χ3v) is 10.9. The van der Waals surface area contributed by atoms with Crippen LogP contribution in [0.4, 0.5) is 0 Å². The zero-order valence-electron chi connectivity index (χ0n) is 32.2. The number of carbonyl (C=O) groups excluding carboxylic acids is 1. The Balaban J connectivity index is 1.35. The molecule has 0 aliphatic carbocycles. The van der Waals surface area contributed by atoms with Crippen LogP contribution in [0.5, 0.6) is 0 Å². The second kappa shape index (κ2) is 21.4. The molecular formula is C33H57NO26. The van der Waals surface area contributed by atoms with Crippen molar-refractivity contribution in [2.45, 2.75) is 160 Å². The molecule has 5 rings (SSSR count). The Morgan fingerprint density at radius 3 is 1.20 bits per heavy atom. The first-order valence-electron chi connectivity index (χ1n) is 19.0.